The summed E-state index contributed by atoms with van der Waals surface area (Å²) in [4.78, 5) is 0.577. The smallest absolute Gasteiger partial charge is 0.119 e. The first kappa shape index (κ1) is 12.0. The van der Waals surface area contributed by atoms with Crippen LogP contribution in [0.4, 0.5) is 0 Å². The molecule has 1 rings (SSSR count). The average molecular weight is 223 g/mol. The van der Waals surface area contributed by atoms with E-state index in [-0.39, 0.29) is 0 Å². The van der Waals surface area contributed by atoms with Crippen LogP contribution in [0.25, 0.3) is 0 Å². The Kier molecular flexibility index (Phi) is 4.56. The fraction of sp³-hybridized carbons (Fsp3) is 0.417. The summed E-state index contributed by atoms with van der Waals surface area (Å²) in [6.45, 7) is 2.14. The maximum Gasteiger partial charge on any atom is 0.119 e. The highest BCUT2D eigenvalue weighted by Gasteiger charge is 2.03. The standard InChI is InChI=1S/C12H17NOS/c1-3-9-8-11(14-2)6-4-10(9)5-7-12(13)15/h4,6,8H,3,5,7H2,1-2H3,(H2,13,15). The van der Waals surface area contributed by atoms with Gasteiger partial charge in [0.25, 0.3) is 0 Å². The largest absolute Gasteiger partial charge is 0.497 e. The molecule has 0 heterocycles. The Morgan fingerprint density at radius 2 is 2.13 bits per heavy atom. The quantitative estimate of drug-likeness (QED) is 0.779. The molecule has 2 nitrogen and oxygen atoms in total. The van der Waals surface area contributed by atoms with Gasteiger partial charge in [-0.05, 0) is 36.1 Å². The summed E-state index contributed by atoms with van der Waals surface area (Å²) >= 11 is 4.88. The first-order valence-electron chi connectivity index (χ1n) is 5.11. The van der Waals surface area contributed by atoms with Crippen LogP contribution in [0, 0.1) is 0 Å². The van der Waals surface area contributed by atoms with Crippen molar-refractivity contribution >= 4 is 17.2 Å². The molecule has 0 saturated carbocycles. The molecule has 3 heteroatoms. The highest BCUT2D eigenvalue weighted by molar-refractivity contribution is 7.80. The van der Waals surface area contributed by atoms with Gasteiger partial charge in [0.15, 0.2) is 0 Å². The second-order valence-corrected chi connectivity index (χ2v) is 3.98. The molecule has 1 aromatic rings. The first-order valence-corrected chi connectivity index (χ1v) is 5.52. The van der Waals surface area contributed by atoms with Gasteiger partial charge >= 0.3 is 0 Å². The van der Waals surface area contributed by atoms with Gasteiger partial charge in [0, 0.05) is 6.42 Å². The van der Waals surface area contributed by atoms with Crippen molar-refractivity contribution in [3.8, 4) is 5.75 Å². The Morgan fingerprint density at radius 1 is 1.40 bits per heavy atom. The number of thiocarbonyl (C=S) groups is 1. The summed E-state index contributed by atoms with van der Waals surface area (Å²) in [7, 11) is 1.68. The Morgan fingerprint density at radius 3 is 2.67 bits per heavy atom. The summed E-state index contributed by atoms with van der Waals surface area (Å²) in [6.07, 6.45) is 2.70. The van der Waals surface area contributed by atoms with Crippen LogP contribution in [-0.4, -0.2) is 12.1 Å². The maximum atomic E-state index is 5.49. The van der Waals surface area contributed by atoms with Crippen molar-refractivity contribution in [2.75, 3.05) is 7.11 Å². The summed E-state index contributed by atoms with van der Waals surface area (Å²) < 4.78 is 5.19. The van der Waals surface area contributed by atoms with Gasteiger partial charge < -0.3 is 10.5 Å². The van der Waals surface area contributed by atoms with E-state index >= 15 is 0 Å². The fourth-order valence-electron chi connectivity index (χ4n) is 1.56. The van der Waals surface area contributed by atoms with Crippen LogP contribution in [0.2, 0.25) is 0 Å². The van der Waals surface area contributed by atoms with Crippen LogP contribution in [0.5, 0.6) is 5.75 Å². The Balaban J connectivity index is 2.82. The molecular weight excluding hydrogens is 206 g/mol. The third-order valence-electron chi connectivity index (χ3n) is 2.44. The van der Waals surface area contributed by atoms with Gasteiger partial charge in [0.05, 0.1) is 12.1 Å². The van der Waals surface area contributed by atoms with E-state index in [4.69, 9.17) is 22.7 Å². The second-order valence-electron chi connectivity index (χ2n) is 3.45. The molecule has 0 amide bonds. The third kappa shape index (κ3) is 3.51. The number of rotatable bonds is 5. The van der Waals surface area contributed by atoms with E-state index in [1.807, 2.05) is 6.07 Å². The molecule has 0 spiro atoms. The van der Waals surface area contributed by atoms with E-state index in [0.29, 0.717) is 4.99 Å². The van der Waals surface area contributed by atoms with Gasteiger partial charge in [-0.15, -0.1) is 0 Å². The Hall–Kier alpha value is -1.09. The van der Waals surface area contributed by atoms with E-state index in [2.05, 4.69) is 19.1 Å². The molecule has 0 unspecified atom stereocenters. The zero-order valence-electron chi connectivity index (χ0n) is 9.25. The zero-order chi connectivity index (χ0) is 11.3. The predicted octanol–water partition coefficient (Wildman–Crippen LogP) is 2.48. The predicted molar refractivity (Wildman–Crippen MR) is 67.5 cm³/mol. The average Bonchev–Trinajstić information content (AvgIpc) is 2.25. The Labute approximate surface area is 96.4 Å². The maximum absolute atomic E-state index is 5.49. The molecule has 0 aromatic heterocycles. The number of methoxy groups -OCH3 is 1. The molecule has 0 fully saturated rings. The van der Waals surface area contributed by atoms with Crippen molar-refractivity contribution < 1.29 is 4.74 Å². The molecule has 0 aliphatic heterocycles. The van der Waals surface area contributed by atoms with Crippen LogP contribution in [-0.2, 0) is 12.8 Å². The van der Waals surface area contributed by atoms with Crippen LogP contribution < -0.4 is 10.5 Å². The summed E-state index contributed by atoms with van der Waals surface area (Å²) in [5.41, 5.74) is 8.12. The number of ether oxygens (including phenoxy) is 1. The summed E-state index contributed by atoms with van der Waals surface area (Å²) in [5, 5.41) is 0. The van der Waals surface area contributed by atoms with Crippen molar-refractivity contribution in [2.45, 2.75) is 26.2 Å². The van der Waals surface area contributed by atoms with Crippen LogP contribution in [0.3, 0.4) is 0 Å². The van der Waals surface area contributed by atoms with Crippen molar-refractivity contribution in [3.63, 3.8) is 0 Å². The molecule has 0 atom stereocenters. The number of hydrogen-bond donors (Lipinski definition) is 1. The normalized spacial score (nSPS) is 10.0. The molecule has 0 saturated heterocycles. The molecule has 1 aromatic carbocycles. The van der Waals surface area contributed by atoms with Crippen LogP contribution in [0.1, 0.15) is 24.5 Å². The van der Waals surface area contributed by atoms with Gasteiger partial charge in [-0.2, -0.15) is 0 Å². The fourth-order valence-corrected chi connectivity index (χ4v) is 1.66. The lowest BCUT2D eigenvalue weighted by Gasteiger charge is -2.09. The number of nitrogens with two attached hydrogens (primary N) is 1. The number of hydrogen-bond acceptors (Lipinski definition) is 2. The number of aryl methyl sites for hydroxylation is 2. The lowest BCUT2D eigenvalue weighted by molar-refractivity contribution is 0.414. The molecule has 82 valence electrons. The second kappa shape index (κ2) is 5.71. The van der Waals surface area contributed by atoms with Crippen molar-refractivity contribution in [1.29, 1.82) is 0 Å². The van der Waals surface area contributed by atoms with Gasteiger partial charge in [0.2, 0.25) is 0 Å². The lowest BCUT2D eigenvalue weighted by atomic mass is 10.0. The zero-order valence-corrected chi connectivity index (χ0v) is 10.1. The molecule has 0 radical (unpaired) electrons. The van der Waals surface area contributed by atoms with Crippen molar-refractivity contribution in [2.24, 2.45) is 5.73 Å². The van der Waals surface area contributed by atoms with E-state index in [9.17, 15) is 0 Å². The third-order valence-corrected chi connectivity index (χ3v) is 2.64. The van der Waals surface area contributed by atoms with E-state index in [1.54, 1.807) is 7.11 Å². The molecule has 0 aliphatic carbocycles. The summed E-state index contributed by atoms with van der Waals surface area (Å²) in [6, 6.07) is 6.15. The van der Waals surface area contributed by atoms with Crippen molar-refractivity contribution in [3.05, 3.63) is 29.3 Å². The Bertz CT molecular complexity index is 349. The van der Waals surface area contributed by atoms with Crippen molar-refractivity contribution in [1.82, 2.24) is 0 Å². The highest BCUT2D eigenvalue weighted by atomic mass is 32.1. The monoisotopic (exact) mass is 223 g/mol. The first-order chi connectivity index (χ1) is 7.17. The van der Waals surface area contributed by atoms with Crippen LogP contribution >= 0.6 is 12.2 Å². The highest BCUT2D eigenvalue weighted by Crippen LogP contribution is 2.19. The van der Waals surface area contributed by atoms with Gasteiger partial charge in [-0.25, -0.2) is 0 Å². The topological polar surface area (TPSA) is 35.2 Å². The number of benzene rings is 1. The van der Waals surface area contributed by atoms with Gasteiger partial charge in [-0.3, -0.25) is 0 Å². The van der Waals surface area contributed by atoms with Gasteiger partial charge in [-0.1, -0.05) is 25.2 Å². The minimum absolute atomic E-state index is 0.577. The minimum atomic E-state index is 0.577. The van der Waals surface area contributed by atoms with E-state index in [1.165, 1.54) is 11.1 Å². The van der Waals surface area contributed by atoms with E-state index < -0.39 is 0 Å². The summed E-state index contributed by atoms with van der Waals surface area (Å²) in [5.74, 6) is 0.908. The van der Waals surface area contributed by atoms with E-state index in [0.717, 1.165) is 25.0 Å². The minimum Gasteiger partial charge on any atom is -0.497 e. The van der Waals surface area contributed by atoms with Crippen LogP contribution in [0.15, 0.2) is 18.2 Å². The van der Waals surface area contributed by atoms with Gasteiger partial charge in [0.1, 0.15) is 5.75 Å². The molecule has 15 heavy (non-hydrogen) atoms. The molecule has 0 bridgehead atoms. The molecular formula is C12H17NOS. The molecule has 2 N–H and O–H groups in total. The SMILES string of the molecule is CCc1cc(OC)ccc1CCC(N)=S. The lowest BCUT2D eigenvalue weighted by Crippen LogP contribution is -2.09. The molecule has 0 aliphatic rings.